The smallest absolute Gasteiger partial charge is 0.105 e. The van der Waals surface area contributed by atoms with Gasteiger partial charge in [0.15, 0.2) is 0 Å². The molecule has 1 aliphatic carbocycles. The van der Waals surface area contributed by atoms with E-state index in [1.54, 1.807) is 0 Å². The molecule has 78 valence electrons. The van der Waals surface area contributed by atoms with Crippen molar-refractivity contribution in [2.45, 2.75) is 32.7 Å². The van der Waals surface area contributed by atoms with E-state index in [-0.39, 0.29) is 0 Å². The van der Waals surface area contributed by atoms with Crippen molar-refractivity contribution in [1.82, 2.24) is 14.9 Å². The lowest BCUT2D eigenvalue weighted by molar-refractivity contribution is 0.560. The molecule has 0 spiro atoms. The fraction of sp³-hybridized carbons (Fsp3) is 0.727. The van der Waals surface area contributed by atoms with Crippen LogP contribution in [0.3, 0.4) is 0 Å². The van der Waals surface area contributed by atoms with Gasteiger partial charge in [-0.2, -0.15) is 0 Å². The molecule has 3 heteroatoms. The second-order valence-corrected chi connectivity index (χ2v) is 4.15. The topological polar surface area (TPSA) is 29.9 Å². The monoisotopic (exact) mass is 193 g/mol. The van der Waals surface area contributed by atoms with Gasteiger partial charge in [0.25, 0.3) is 0 Å². The van der Waals surface area contributed by atoms with Crippen LogP contribution >= 0.6 is 0 Å². The van der Waals surface area contributed by atoms with E-state index in [0.717, 1.165) is 24.8 Å². The predicted molar refractivity (Wildman–Crippen MR) is 57.2 cm³/mol. The van der Waals surface area contributed by atoms with Gasteiger partial charge < -0.3 is 9.88 Å². The van der Waals surface area contributed by atoms with E-state index in [0.29, 0.717) is 0 Å². The Labute approximate surface area is 85.5 Å². The molecule has 1 aliphatic rings. The van der Waals surface area contributed by atoms with Crippen molar-refractivity contribution < 1.29 is 0 Å². The first kappa shape index (κ1) is 9.71. The Hall–Kier alpha value is -0.830. The Balaban J connectivity index is 1.56. The first-order valence-corrected chi connectivity index (χ1v) is 5.55. The minimum absolute atomic E-state index is 1.04. The zero-order chi connectivity index (χ0) is 9.80. The molecule has 2 rings (SSSR count). The van der Waals surface area contributed by atoms with Crippen LogP contribution in [0.2, 0.25) is 0 Å². The standard InChI is InChI=1S/C11H19N3/c1-10-13-7-9-14(10)8-6-12-5-4-11-2-3-11/h7,9,11-12H,2-6,8H2,1H3. The Morgan fingerprint density at radius 2 is 2.36 bits per heavy atom. The van der Waals surface area contributed by atoms with Crippen molar-refractivity contribution in [1.29, 1.82) is 0 Å². The van der Waals surface area contributed by atoms with Gasteiger partial charge in [0.2, 0.25) is 0 Å². The molecule has 0 radical (unpaired) electrons. The summed E-state index contributed by atoms with van der Waals surface area (Å²) in [6.07, 6.45) is 8.19. The second-order valence-electron chi connectivity index (χ2n) is 4.15. The molecule has 0 aromatic carbocycles. The second kappa shape index (κ2) is 4.60. The quantitative estimate of drug-likeness (QED) is 0.695. The average molecular weight is 193 g/mol. The summed E-state index contributed by atoms with van der Waals surface area (Å²) >= 11 is 0. The Kier molecular flexibility index (Phi) is 3.19. The van der Waals surface area contributed by atoms with Gasteiger partial charge in [-0.15, -0.1) is 0 Å². The molecule has 1 heterocycles. The van der Waals surface area contributed by atoms with E-state index < -0.39 is 0 Å². The van der Waals surface area contributed by atoms with Gasteiger partial charge in [-0.25, -0.2) is 4.98 Å². The van der Waals surface area contributed by atoms with Gasteiger partial charge in [0.1, 0.15) is 5.82 Å². The lowest BCUT2D eigenvalue weighted by atomic mass is 10.3. The van der Waals surface area contributed by atoms with Gasteiger partial charge in [0, 0.05) is 25.5 Å². The van der Waals surface area contributed by atoms with Crippen LogP contribution in [0.25, 0.3) is 0 Å². The molecule has 0 atom stereocenters. The van der Waals surface area contributed by atoms with Crippen LogP contribution in [0, 0.1) is 12.8 Å². The maximum Gasteiger partial charge on any atom is 0.105 e. The summed E-state index contributed by atoms with van der Waals surface area (Å²) in [4.78, 5) is 4.19. The van der Waals surface area contributed by atoms with Crippen molar-refractivity contribution in [3.63, 3.8) is 0 Å². The summed E-state index contributed by atoms with van der Waals surface area (Å²) < 4.78 is 2.18. The third-order valence-corrected chi connectivity index (χ3v) is 2.88. The third kappa shape index (κ3) is 2.84. The van der Waals surface area contributed by atoms with Crippen LogP contribution in [0.5, 0.6) is 0 Å². The molecular formula is C11H19N3. The SMILES string of the molecule is Cc1nccn1CCNCCC1CC1. The normalized spacial score (nSPS) is 16.1. The lowest BCUT2D eigenvalue weighted by Gasteiger charge is -2.06. The Morgan fingerprint density at radius 1 is 1.50 bits per heavy atom. The Morgan fingerprint density at radius 3 is 3.00 bits per heavy atom. The van der Waals surface area contributed by atoms with Crippen LogP contribution in [-0.2, 0) is 6.54 Å². The number of nitrogens with zero attached hydrogens (tertiary/aromatic N) is 2. The molecular weight excluding hydrogens is 174 g/mol. The summed E-state index contributed by atoms with van der Waals surface area (Å²) in [6.45, 7) is 5.32. The van der Waals surface area contributed by atoms with Crippen LogP contribution in [0.15, 0.2) is 12.4 Å². The largest absolute Gasteiger partial charge is 0.334 e. The molecule has 1 aromatic rings. The number of imidazole rings is 1. The van der Waals surface area contributed by atoms with Crippen molar-refractivity contribution in [2.24, 2.45) is 5.92 Å². The summed E-state index contributed by atoms with van der Waals surface area (Å²) in [7, 11) is 0. The zero-order valence-corrected chi connectivity index (χ0v) is 8.87. The van der Waals surface area contributed by atoms with Gasteiger partial charge in [0.05, 0.1) is 0 Å². The van der Waals surface area contributed by atoms with E-state index in [1.807, 2.05) is 19.3 Å². The van der Waals surface area contributed by atoms with Crippen LogP contribution in [0.4, 0.5) is 0 Å². The molecule has 1 aromatic heterocycles. The molecule has 1 N–H and O–H groups in total. The molecule has 0 amide bonds. The van der Waals surface area contributed by atoms with Gasteiger partial charge in [-0.05, 0) is 25.8 Å². The third-order valence-electron chi connectivity index (χ3n) is 2.88. The molecule has 3 nitrogen and oxygen atoms in total. The minimum Gasteiger partial charge on any atom is -0.334 e. The summed E-state index contributed by atoms with van der Waals surface area (Å²) in [5.41, 5.74) is 0. The molecule has 0 unspecified atom stereocenters. The van der Waals surface area contributed by atoms with Gasteiger partial charge >= 0.3 is 0 Å². The van der Waals surface area contributed by atoms with E-state index in [2.05, 4.69) is 14.9 Å². The van der Waals surface area contributed by atoms with Crippen molar-refractivity contribution >= 4 is 0 Å². The van der Waals surface area contributed by atoms with Crippen LogP contribution in [0.1, 0.15) is 25.1 Å². The maximum atomic E-state index is 4.19. The summed E-state index contributed by atoms with van der Waals surface area (Å²) in [5, 5.41) is 3.47. The molecule has 1 fully saturated rings. The average Bonchev–Trinajstić information content (AvgIpc) is 2.91. The Bertz CT molecular complexity index is 276. The first-order valence-electron chi connectivity index (χ1n) is 5.55. The van der Waals surface area contributed by atoms with E-state index in [1.165, 1.54) is 25.8 Å². The first-order chi connectivity index (χ1) is 6.86. The highest BCUT2D eigenvalue weighted by molar-refractivity contribution is 4.88. The molecule has 14 heavy (non-hydrogen) atoms. The number of aryl methyl sites for hydroxylation is 1. The fourth-order valence-corrected chi connectivity index (χ4v) is 1.68. The fourth-order valence-electron chi connectivity index (χ4n) is 1.68. The van der Waals surface area contributed by atoms with Crippen LogP contribution in [-0.4, -0.2) is 22.6 Å². The highest BCUT2D eigenvalue weighted by Crippen LogP contribution is 2.31. The van der Waals surface area contributed by atoms with Gasteiger partial charge in [-0.3, -0.25) is 0 Å². The predicted octanol–water partition coefficient (Wildman–Crippen LogP) is 1.58. The lowest BCUT2D eigenvalue weighted by Crippen LogP contribution is -2.21. The highest BCUT2D eigenvalue weighted by Gasteiger charge is 2.19. The zero-order valence-electron chi connectivity index (χ0n) is 8.87. The van der Waals surface area contributed by atoms with E-state index >= 15 is 0 Å². The van der Waals surface area contributed by atoms with Crippen molar-refractivity contribution in [3.05, 3.63) is 18.2 Å². The van der Waals surface area contributed by atoms with E-state index in [4.69, 9.17) is 0 Å². The number of nitrogens with one attached hydrogen (secondary N) is 1. The summed E-state index contributed by atoms with van der Waals surface area (Å²) in [5.74, 6) is 2.14. The molecule has 0 saturated heterocycles. The molecule has 0 aliphatic heterocycles. The number of aromatic nitrogens is 2. The van der Waals surface area contributed by atoms with E-state index in [9.17, 15) is 0 Å². The number of hydrogen-bond donors (Lipinski definition) is 1. The van der Waals surface area contributed by atoms with Gasteiger partial charge in [-0.1, -0.05) is 12.8 Å². The molecule has 0 bridgehead atoms. The minimum atomic E-state index is 1.04. The number of rotatable bonds is 6. The van der Waals surface area contributed by atoms with Crippen molar-refractivity contribution in [3.8, 4) is 0 Å². The molecule has 1 saturated carbocycles. The van der Waals surface area contributed by atoms with Crippen LogP contribution < -0.4 is 5.32 Å². The van der Waals surface area contributed by atoms with Crippen molar-refractivity contribution in [2.75, 3.05) is 13.1 Å². The number of hydrogen-bond acceptors (Lipinski definition) is 2. The highest BCUT2D eigenvalue weighted by atomic mass is 15.1. The summed E-state index contributed by atoms with van der Waals surface area (Å²) in [6, 6.07) is 0. The maximum absolute atomic E-state index is 4.19.